The molecule has 0 bridgehead atoms. The second-order valence-electron chi connectivity index (χ2n) is 4.79. The molecule has 5 heteroatoms. The quantitative estimate of drug-likeness (QED) is 0.657. The van der Waals surface area contributed by atoms with E-state index in [2.05, 4.69) is 0 Å². The fourth-order valence-corrected chi connectivity index (χ4v) is 2.51. The molecule has 0 radical (unpaired) electrons. The first-order chi connectivity index (χ1) is 8.61. The summed E-state index contributed by atoms with van der Waals surface area (Å²) in [6.45, 7) is 2.36. The molecule has 2 rings (SSSR count). The summed E-state index contributed by atoms with van der Waals surface area (Å²) in [7, 11) is 0. The highest BCUT2D eigenvalue weighted by molar-refractivity contribution is 5.44. The first-order valence-electron chi connectivity index (χ1n) is 6.23. The smallest absolute Gasteiger partial charge is 0.272 e. The van der Waals surface area contributed by atoms with Gasteiger partial charge in [-0.3, -0.25) is 10.1 Å². The van der Waals surface area contributed by atoms with Crippen molar-refractivity contribution in [3.63, 3.8) is 0 Å². The fraction of sp³-hybridized carbons (Fsp3) is 0.538. The molecule has 98 valence electrons. The molecule has 1 aromatic carbocycles. The molecular formula is C13H18N2O3. The Kier molecular flexibility index (Phi) is 3.81. The molecule has 0 heterocycles. The molecule has 5 nitrogen and oxygen atoms in total. The van der Waals surface area contributed by atoms with Crippen LogP contribution < -0.4 is 10.5 Å². The summed E-state index contributed by atoms with van der Waals surface area (Å²) < 4.78 is 5.89. The summed E-state index contributed by atoms with van der Waals surface area (Å²) in [5, 5.41) is 10.7. The fourth-order valence-electron chi connectivity index (χ4n) is 2.51. The molecule has 2 N–H and O–H groups in total. The number of nitro groups is 1. The number of hydrogen-bond acceptors (Lipinski definition) is 4. The van der Waals surface area contributed by atoms with Crippen LogP contribution in [0.3, 0.4) is 0 Å². The molecule has 1 aliphatic rings. The Morgan fingerprint density at radius 3 is 2.89 bits per heavy atom. The highest BCUT2D eigenvalue weighted by atomic mass is 16.6. The lowest BCUT2D eigenvalue weighted by Gasteiger charge is -2.20. The SMILES string of the molecule is Cc1cc(OC2CCCC2CN)ccc1[N+](=O)[O-]. The molecule has 0 saturated heterocycles. The molecule has 1 aliphatic carbocycles. The number of nitrogens with two attached hydrogens (primary N) is 1. The summed E-state index contributed by atoms with van der Waals surface area (Å²) in [6.07, 6.45) is 3.40. The van der Waals surface area contributed by atoms with E-state index >= 15 is 0 Å². The average molecular weight is 250 g/mol. The van der Waals surface area contributed by atoms with E-state index in [0.29, 0.717) is 23.8 Å². The van der Waals surface area contributed by atoms with Gasteiger partial charge in [0.25, 0.3) is 5.69 Å². The third-order valence-corrected chi connectivity index (χ3v) is 3.54. The van der Waals surface area contributed by atoms with Gasteiger partial charge in [0.05, 0.1) is 4.92 Å². The molecule has 2 unspecified atom stereocenters. The standard InChI is InChI=1S/C13H18N2O3/c1-9-7-11(5-6-12(9)15(16)17)18-13-4-2-3-10(13)8-14/h5-7,10,13H,2-4,8,14H2,1H3. The molecule has 0 amide bonds. The van der Waals surface area contributed by atoms with Crippen LogP contribution in [-0.2, 0) is 0 Å². The van der Waals surface area contributed by atoms with Crippen LogP contribution in [0, 0.1) is 23.0 Å². The number of nitro benzene ring substituents is 1. The normalized spacial score (nSPS) is 23.0. The first-order valence-corrected chi connectivity index (χ1v) is 6.23. The number of benzene rings is 1. The zero-order chi connectivity index (χ0) is 13.1. The van der Waals surface area contributed by atoms with Crippen molar-refractivity contribution < 1.29 is 9.66 Å². The average Bonchev–Trinajstić information content (AvgIpc) is 2.76. The molecule has 1 fully saturated rings. The van der Waals surface area contributed by atoms with Crippen LogP contribution in [0.1, 0.15) is 24.8 Å². The van der Waals surface area contributed by atoms with Crippen molar-refractivity contribution in [3.05, 3.63) is 33.9 Å². The summed E-state index contributed by atoms with van der Waals surface area (Å²) in [4.78, 5) is 10.3. The van der Waals surface area contributed by atoms with Gasteiger partial charge in [-0.15, -0.1) is 0 Å². The molecule has 0 spiro atoms. The van der Waals surface area contributed by atoms with Gasteiger partial charge in [-0.1, -0.05) is 0 Å². The third kappa shape index (κ3) is 2.61. The van der Waals surface area contributed by atoms with E-state index in [1.807, 2.05) is 0 Å². The minimum absolute atomic E-state index is 0.129. The predicted molar refractivity (Wildman–Crippen MR) is 68.6 cm³/mol. The van der Waals surface area contributed by atoms with Crippen molar-refractivity contribution in [2.75, 3.05) is 6.54 Å². The Bertz CT molecular complexity index is 448. The molecule has 1 aromatic rings. The van der Waals surface area contributed by atoms with E-state index in [-0.39, 0.29) is 16.7 Å². The summed E-state index contributed by atoms with van der Waals surface area (Å²) in [6, 6.07) is 4.89. The maximum atomic E-state index is 10.7. The molecule has 18 heavy (non-hydrogen) atoms. The van der Waals surface area contributed by atoms with Crippen LogP contribution >= 0.6 is 0 Å². The predicted octanol–water partition coefficient (Wildman–Crippen LogP) is 2.41. The molecule has 0 aliphatic heterocycles. The minimum atomic E-state index is -0.378. The largest absolute Gasteiger partial charge is 0.490 e. The van der Waals surface area contributed by atoms with Crippen molar-refractivity contribution >= 4 is 5.69 Å². The van der Waals surface area contributed by atoms with Gasteiger partial charge >= 0.3 is 0 Å². The molecule has 2 atom stereocenters. The number of aryl methyl sites for hydroxylation is 1. The van der Waals surface area contributed by atoms with E-state index < -0.39 is 0 Å². The Morgan fingerprint density at radius 2 is 2.28 bits per heavy atom. The van der Waals surface area contributed by atoms with Crippen molar-refractivity contribution in [1.29, 1.82) is 0 Å². The van der Waals surface area contributed by atoms with Crippen molar-refractivity contribution in [3.8, 4) is 5.75 Å². The first kappa shape index (κ1) is 12.8. The van der Waals surface area contributed by atoms with E-state index in [1.165, 1.54) is 6.07 Å². The molecule has 1 saturated carbocycles. The second kappa shape index (κ2) is 5.35. The minimum Gasteiger partial charge on any atom is -0.490 e. The Hall–Kier alpha value is -1.62. The maximum absolute atomic E-state index is 10.7. The van der Waals surface area contributed by atoms with Crippen LogP contribution in [0.5, 0.6) is 5.75 Å². The van der Waals surface area contributed by atoms with E-state index in [1.54, 1.807) is 19.1 Å². The number of hydrogen-bond donors (Lipinski definition) is 1. The van der Waals surface area contributed by atoms with Gasteiger partial charge in [0.1, 0.15) is 11.9 Å². The van der Waals surface area contributed by atoms with Crippen molar-refractivity contribution in [2.24, 2.45) is 11.7 Å². The molecular weight excluding hydrogens is 232 g/mol. The van der Waals surface area contributed by atoms with Gasteiger partial charge in [-0.05, 0) is 44.9 Å². The highest BCUT2D eigenvalue weighted by Crippen LogP contribution is 2.30. The summed E-state index contributed by atoms with van der Waals surface area (Å²) >= 11 is 0. The summed E-state index contributed by atoms with van der Waals surface area (Å²) in [5.74, 6) is 1.10. The zero-order valence-corrected chi connectivity index (χ0v) is 10.5. The van der Waals surface area contributed by atoms with Crippen LogP contribution in [0.15, 0.2) is 18.2 Å². The highest BCUT2D eigenvalue weighted by Gasteiger charge is 2.28. The number of nitrogens with zero attached hydrogens (tertiary/aromatic N) is 1. The Balaban J connectivity index is 2.10. The third-order valence-electron chi connectivity index (χ3n) is 3.54. The lowest BCUT2D eigenvalue weighted by Crippen LogP contribution is -2.27. The van der Waals surface area contributed by atoms with Crippen molar-refractivity contribution in [1.82, 2.24) is 0 Å². The Morgan fingerprint density at radius 1 is 1.50 bits per heavy atom. The van der Waals surface area contributed by atoms with Gasteiger partial charge < -0.3 is 10.5 Å². The van der Waals surface area contributed by atoms with E-state index in [0.717, 1.165) is 19.3 Å². The van der Waals surface area contributed by atoms with Crippen molar-refractivity contribution in [2.45, 2.75) is 32.3 Å². The second-order valence-corrected chi connectivity index (χ2v) is 4.79. The van der Waals surface area contributed by atoms with Gasteiger partial charge in [0, 0.05) is 17.5 Å². The lowest BCUT2D eigenvalue weighted by molar-refractivity contribution is -0.385. The zero-order valence-electron chi connectivity index (χ0n) is 10.5. The lowest BCUT2D eigenvalue weighted by atomic mass is 10.1. The number of rotatable bonds is 4. The Labute approximate surface area is 106 Å². The monoisotopic (exact) mass is 250 g/mol. The van der Waals surface area contributed by atoms with Crippen LogP contribution in [-0.4, -0.2) is 17.6 Å². The summed E-state index contributed by atoms with van der Waals surface area (Å²) in [5.41, 5.74) is 6.46. The number of ether oxygens (including phenoxy) is 1. The van der Waals surface area contributed by atoms with Crippen LogP contribution in [0.25, 0.3) is 0 Å². The topological polar surface area (TPSA) is 78.4 Å². The van der Waals surface area contributed by atoms with Gasteiger partial charge in [-0.25, -0.2) is 0 Å². The van der Waals surface area contributed by atoms with Gasteiger partial charge in [-0.2, -0.15) is 0 Å². The van der Waals surface area contributed by atoms with Crippen LogP contribution in [0.2, 0.25) is 0 Å². The van der Waals surface area contributed by atoms with E-state index in [9.17, 15) is 10.1 Å². The molecule has 0 aromatic heterocycles. The van der Waals surface area contributed by atoms with Gasteiger partial charge in [0.2, 0.25) is 0 Å². The van der Waals surface area contributed by atoms with Crippen LogP contribution in [0.4, 0.5) is 5.69 Å². The van der Waals surface area contributed by atoms with E-state index in [4.69, 9.17) is 10.5 Å². The van der Waals surface area contributed by atoms with Gasteiger partial charge in [0.15, 0.2) is 0 Å². The maximum Gasteiger partial charge on any atom is 0.272 e.